The predicted octanol–water partition coefficient (Wildman–Crippen LogP) is 3.20. The van der Waals surface area contributed by atoms with Crippen molar-refractivity contribution in [2.24, 2.45) is 11.7 Å². The number of nitrogens with two attached hydrogens (primary N) is 1. The van der Waals surface area contributed by atoms with Gasteiger partial charge in [-0.1, -0.05) is 32.8 Å². The van der Waals surface area contributed by atoms with Crippen molar-refractivity contribution in [1.82, 2.24) is 5.32 Å². The van der Waals surface area contributed by atoms with E-state index in [4.69, 9.17) is 5.73 Å². The van der Waals surface area contributed by atoms with Gasteiger partial charge >= 0.3 is 6.18 Å². The highest BCUT2D eigenvalue weighted by Gasteiger charge is 2.30. The van der Waals surface area contributed by atoms with Crippen LogP contribution in [0.2, 0.25) is 0 Å². The van der Waals surface area contributed by atoms with E-state index in [1.807, 2.05) is 13.8 Å². The standard InChI is InChI=1S/C15H21F3N2O/c1-3-10(4-2)13(19)9-20-14(21)11-6-5-7-12(8-11)15(16,17)18/h5-8,10,13H,3-4,9,19H2,1-2H3,(H,20,21). The van der Waals surface area contributed by atoms with Gasteiger partial charge < -0.3 is 11.1 Å². The van der Waals surface area contributed by atoms with Gasteiger partial charge in [0.15, 0.2) is 0 Å². The van der Waals surface area contributed by atoms with Crippen LogP contribution in [-0.4, -0.2) is 18.5 Å². The summed E-state index contributed by atoms with van der Waals surface area (Å²) in [5.74, 6) is -0.255. The van der Waals surface area contributed by atoms with E-state index in [1.54, 1.807) is 0 Å². The fraction of sp³-hybridized carbons (Fsp3) is 0.533. The second-order valence-electron chi connectivity index (χ2n) is 5.03. The first-order chi connectivity index (χ1) is 9.79. The number of rotatable bonds is 6. The largest absolute Gasteiger partial charge is 0.416 e. The molecule has 6 heteroatoms. The van der Waals surface area contributed by atoms with Crippen LogP contribution in [0.25, 0.3) is 0 Å². The third kappa shape index (κ3) is 5.04. The zero-order valence-corrected chi connectivity index (χ0v) is 12.2. The van der Waals surface area contributed by atoms with Crippen molar-refractivity contribution in [3.8, 4) is 0 Å². The Labute approximate surface area is 122 Å². The molecule has 0 aromatic heterocycles. The maximum absolute atomic E-state index is 12.6. The zero-order chi connectivity index (χ0) is 16.0. The minimum absolute atomic E-state index is 0.0124. The maximum atomic E-state index is 12.6. The Morgan fingerprint density at radius 1 is 1.29 bits per heavy atom. The van der Waals surface area contributed by atoms with Crippen LogP contribution < -0.4 is 11.1 Å². The van der Waals surface area contributed by atoms with E-state index in [2.05, 4.69) is 5.32 Å². The molecule has 0 heterocycles. The van der Waals surface area contributed by atoms with Gasteiger partial charge in [-0.05, 0) is 24.1 Å². The Hall–Kier alpha value is -1.56. The smallest absolute Gasteiger partial charge is 0.350 e. The van der Waals surface area contributed by atoms with Crippen molar-refractivity contribution in [1.29, 1.82) is 0 Å². The number of hydrogen-bond donors (Lipinski definition) is 2. The quantitative estimate of drug-likeness (QED) is 0.848. The van der Waals surface area contributed by atoms with Crippen molar-refractivity contribution < 1.29 is 18.0 Å². The van der Waals surface area contributed by atoms with Crippen LogP contribution >= 0.6 is 0 Å². The summed E-state index contributed by atoms with van der Waals surface area (Å²) in [6.07, 6.45) is -2.66. The van der Waals surface area contributed by atoms with E-state index in [1.165, 1.54) is 12.1 Å². The average molecular weight is 302 g/mol. The van der Waals surface area contributed by atoms with E-state index in [-0.39, 0.29) is 24.1 Å². The van der Waals surface area contributed by atoms with Crippen LogP contribution in [0.4, 0.5) is 13.2 Å². The number of halogens is 3. The zero-order valence-electron chi connectivity index (χ0n) is 12.2. The fourth-order valence-electron chi connectivity index (χ4n) is 2.21. The van der Waals surface area contributed by atoms with Crippen LogP contribution in [0.15, 0.2) is 24.3 Å². The maximum Gasteiger partial charge on any atom is 0.416 e. The Balaban J connectivity index is 2.68. The van der Waals surface area contributed by atoms with Gasteiger partial charge in [0, 0.05) is 18.2 Å². The Morgan fingerprint density at radius 2 is 1.90 bits per heavy atom. The Kier molecular flexibility index (Phi) is 6.20. The first kappa shape index (κ1) is 17.5. The number of hydrogen-bond acceptors (Lipinski definition) is 2. The van der Waals surface area contributed by atoms with Crippen LogP contribution in [0.3, 0.4) is 0 Å². The minimum Gasteiger partial charge on any atom is -0.350 e. The van der Waals surface area contributed by atoms with Gasteiger partial charge in [0.2, 0.25) is 0 Å². The van der Waals surface area contributed by atoms with E-state index in [0.717, 1.165) is 25.0 Å². The molecule has 0 saturated carbocycles. The highest BCUT2D eigenvalue weighted by atomic mass is 19.4. The fourth-order valence-corrected chi connectivity index (χ4v) is 2.21. The van der Waals surface area contributed by atoms with Gasteiger partial charge in [-0.15, -0.1) is 0 Å². The van der Waals surface area contributed by atoms with Crippen LogP contribution in [0, 0.1) is 5.92 Å². The molecule has 0 saturated heterocycles. The molecule has 0 aliphatic heterocycles. The lowest BCUT2D eigenvalue weighted by atomic mass is 9.95. The van der Waals surface area contributed by atoms with Gasteiger partial charge in [-0.25, -0.2) is 0 Å². The third-order valence-electron chi connectivity index (χ3n) is 3.60. The summed E-state index contributed by atoms with van der Waals surface area (Å²) in [5, 5.41) is 2.60. The molecular weight excluding hydrogens is 281 g/mol. The van der Waals surface area contributed by atoms with Gasteiger partial charge in [0.05, 0.1) is 5.56 Å². The van der Waals surface area contributed by atoms with Crippen molar-refractivity contribution >= 4 is 5.91 Å². The molecule has 0 radical (unpaired) electrons. The van der Waals surface area contributed by atoms with Crippen LogP contribution in [-0.2, 0) is 6.18 Å². The summed E-state index contributed by atoms with van der Waals surface area (Å²) in [5.41, 5.74) is 5.12. The van der Waals surface area contributed by atoms with E-state index in [9.17, 15) is 18.0 Å². The number of amides is 1. The molecule has 1 atom stereocenters. The van der Waals surface area contributed by atoms with Gasteiger partial charge in [0.25, 0.3) is 5.91 Å². The summed E-state index contributed by atoms with van der Waals surface area (Å²) in [7, 11) is 0. The number of alkyl halides is 3. The highest BCUT2D eigenvalue weighted by Crippen LogP contribution is 2.29. The second-order valence-corrected chi connectivity index (χ2v) is 5.03. The molecule has 3 N–H and O–H groups in total. The molecule has 21 heavy (non-hydrogen) atoms. The SMILES string of the molecule is CCC(CC)C(N)CNC(=O)c1cccc(C(F)(F)F)c1. The lowest BCUT2D eigenvalue weighted by molar-refractivity contribution is -0.137. The summed E-state index contributed by atoms with van der Waals surface area (Å²) < 4.78 is 37.8. The van der Waals surface area contributed by atoms with E-state index >= 15 is 0 Å². The Morgan fingerprint density at radius 3 is 2.43 bits per heavy atom. The molecule has 0 bridgehead atoms. The number of carbonyl (C=O) groups excluding carboxylic acids is 1. The molecule has 0 aliphatic rings. The first-order valence-corrected chi connectivity index (χ1v) is 7.00. The number of benzene rings is 1. The topological polar surface area (TPSA) is 55.1 Å². The van der Waals surface area contributed by atoms with Gasteiger partial charge in [0.1, 0.15) is 0 Å². The molecule has 1 rings (SSSR count). The minimum atomic E-state index is -4.46. The van der Waals surface area contributed by atoms with Crippen LogP contribution in [0.5, 0.6) is 0 Å². The summed E-state index contributed by atoms with van der Waals surface area (Å²) in [6.45, 7) is 4.28. The Bertz CT molecular complexity index is 470. The average Bonchev–Trinajstić information content (AvgIpc) is 2.45. The molecule has 1 amide bonds. The number of nitrogens with one attached hydrogen (secondary N) is 1. The van der Waals surface area contributed by atoms with Gasteiger partial charge in [-0.2, -0.15) is 13.2 Å². The second kappa shape index (κ2) is 7.45. The lowest BCUT2D eigenvalue weighted by Crippen LogP contribution is -2.41. The first-order valence-electron chi connectivity index (χ1n) is 7.00. The molecule has 0 fully saturated rings. The molecular formula is C15H21F3N2O. The highest BCUT2D eigenvalue weighted by molar-refractivity contribution is 5.94. The molecule has 3 nitrogen and oxygen atoms in total. The molecule has 1 unspecified atom stereocenters. The van der Waals surface area contributed by atoms with Gasteiger partial charge in [-0.3, -0.25) is 4.79 Å². The number of carbonyl (C=O) groups is 1. The third-order valence-corrected chi connectivity index (χ3v) is 3.60. The van der Waals surface area contributed by atoms with Crippen molar-refractivity contribution in [3.63, 3.8) is 0 Å². The normalized spacial score (nSPS) is 13.3. The molecule has 1 aromatic carbocycles. The summed E-state index contributed by atoms with van der Waals surface area (Å²) in [6, 6.07) is 4.16. The van der Waals surface area contributed by atoms with Crippen molar-refractivity contribution in [2.75, 3.05) is 6.54 Å². The lowest BCUT2D eigenvalue weighted by Gasteiger charge is -2.21. The van der Waals surface area contributed by atoms with E-state index < -0.39 is 17.6 Å². The van der Waals surface area contributed by atoms with Crippen molar-refractivity contribution in [2.45, 2.75) is 38.9 Å². The molecule has 1 aromatic rings. The monoisotopic (exact) mass is 302 g/mol. The predicted molar refractivity (Wildman–Crippen MR) is 75.8 cm³/mol. The van der Waals surface area contributed by atoms with Crippen LogP contribution in [0.1, 0.15) is 42.6 Å². The molecule has 0 aliphatic carbocycles. The van der Waals surface area contributed by atoms with Crippen molar-refractivity contribution in [3.05, 3.63) is 35.4 Å². The summed E-state index contributed by atoms with van der Waals surface area (Å²) >= 11 is 0. The summed E-state index contributed by atoms with van der Waals surface area (Å²) in [4.78, 5) is 11.9. The molecule has 118 valence electrons. The van der Waals surface area contributed by atoms with E-state index in [0.29, 0.717) is 0 Å². The molecule has 0 spiro atoms.